The zero-order valence-corrected chi connectivity index (χ0v) is 8.74. The summed E-state index contributed by atoms with van der Waals surface area (Å²) in [6, 6.07) is 1.80. The highest BCUT2D eigenvalue weighted by molar-refractivity contribution is 5.45. The lowest BCUT2D eigenvalue weighted by Crippen LogP contribution is -2.10. The predicted octanol–water partition coefficient (Wildman–Crippen LogP) is 1.36. The fraction of sp³-hybridized carbons (Fsp3) is 0.600. The van der Waals surface area contributed by atoms with Gasteiger partial charge < -0.3 is 10.7 Å². The van der Waals surface area contributed by atoms with E-state index in [1.807, 2.05) is 0 Å². The van der Waals surface area contributed by atoms with Crippen molar-refractivity contribution in [2.24, 2.45) is 11.8 Å². The number of nitrogens with two attached hydrogens (primary N) is 1. The van der Waals surface area contributed by atoms with Gasteiger partial charge in [0.25, 0.3) is 0 Å². The maximum Gasteiger partial charge on any atom is 0.145 e. The maximum absolute atomic E-state index is 5.25. The smallest absolute Gasteiger partial charge is 0.145 e. The Kier molecular flexibility index (Phi) is 3.34. The lowest BCUT2D eigenvalue weighted by atomic mass is 10.2. The highest BCUT2D eigenvalue weighted by Crippen LogP contribution is 2.33. The molecule has 0 bridgehead atoms. The first-order chi connectivity index (χ1) is 7.38. The first-order valence-electron chi connectivity index (χ1n) is 5.41. The highest BCUT2D eigenvalue weighted by atomic mass is 15.3. The van der Waals surface area contributed by atoms with Crippen molar-refractivity contribution < 1.29 is 0 Å². The average molecular weight is 207 g/mol. The lowest BCUT2D eigenvalue weighted by Gasteiger charge is -2.05. The molecule has 0 saturated heterocycles. The summed E-state index contributed by atoms with van der Waals surface area (Å²) in [6.45, 7) is 0.970. The monoisotopic (exact) mass is 207 g/mol. The van der Waals surface area contributed by atoms with E-state index in [0.717, 1.165) is 18.3 Å². The Bertz CT molecular complexity index is 310. The van der Waals surface area contributed by atoms with Gasteiger partial charge in [0, 0.05) is 12.6 Å². The van der Waals surface area contributed by atoms with Crippen LogP contribution in [-0.2, 0) is 0 Å². The molecule has 0 unspecified atom stereocenters. The van der Waals surface area contributed by atoms with E-state index in [4.69, 9.17) is 5.84 Å². The molecule has 0 amide bonds. The average Bonchev–Trinajstić information content (AvgIpc) is 3.09. The van der Waals surface area contributed by atoms with E-state index in [2.05, 4.69) is 20.7 Å². The molecular weight excluding hydrogens is 190 g/mol. The van der Waals surface area contributed by atoms with Crippen LogP contribution in [0.25, 0.3) is 0 Å². The molecule has 1 aliphatic rings. The molecule has 82 valence electrons. The SMILES string of the molecule is NNc1cc(NCCCC2CC2)ncn1. The number of nitrogens with zero attached hydrogens (tertiary/aromatic N) is 2. The number of hydrogen-bond acceptors (Lipinski definition) is 5. The van der Waals surface area contributed by atoms with Crippen LogP contribution < -0.4 is 16.6 Å². The van der Waals surface area contributed by atoms with Crippen LogP contribution in [0.3, 0.4) is 0 Å². The molecule has 5 heteroatoms. The van der Waals surface area contributed by atoms with E-state index in [-0.39, 0.29) is 0 Å². The first kappa shape index (κ1) is 10.2. The third kappa shape index (κ3) is 3.36. The lowest BCUT2D eigenvalue weighted by molar-refractivity contribution is 0.686. The molecule has 1 aromatic heterocycles. The van der Waals surface area contributed by atoms with Crippen LogP contribution in [-0.4, -0.2) is 16.5 Å². The fourth-order valence-electron chi connectivity index (χ4n) is 1.55. The molecule has 0 radical (unpaired) electrons. The van der Waals surface area contributed by atoms with Crippen LogP contribution in [0.2, 0.25) is 0 Å². The molecular formula is C10H17N5. The van der Waals surface area contributed by atoms with Gasteiger partial charge in [0.1, 0.15) is 18.0 Å². The number of hydrogen-bond donors (Lipinski definition) is 3. The number of rotatable bonds is 6. The molecule has 0 atom stereocenters. The summed E-state index contributed by atoms with van der Waals surface area (Å²) >= 11 is 0. The quantitative estimate of drug-likeness (QED) is 0.373. The van der Waals surface area contributed by atoms with Gasteiger partial charge >= 0.3 is 0 Å². The van der Waals surface area contributed by atoms with E-state index in [9.17, 15) is 0 Å². The Morgan fingerprint density at radius 2 is 2.13 bits per heavy atom. The minimum Gasteiger partial charge on any atom is -0.370 e. The molecule has 0 aliphatic heterocycles. The van der Waals surface area contributed by atoms with Crippen molar-refractivity contribution in [2.45, 2.75) is 25.7 Å². The van der Waals surface area contributed by atoms with Crippen LogP contribution >= 0.6 is 0 Å². The summed E-state index contributed by atoms with van der Waals surface area (Å²) in [5.41, 5.74) is 2.49. The highest BCUT2D eigenvalue weighted by Gasteiger charge is 2.19. The third-order valence-corrected chi connectivity index (χ3v) is 2.61. The minimum absolute atomic E-state index is 0.634. The molecule has 2 rings (SSSR count). The van der Waals surface area contributed by atoms with E-state index in [0.29, 0.717) is 5.82 Å². The number of hydrazine groups is 1. The number of anilines is 2. The first-order valence-corrected chi connectivity index (χ1v) is 5.41. The maximum atomic E-state index is 5.25. The minimum atomic E-state index is 0.634. The Morgan fingerprint density at radius 3 is 2.87 bits per heavy atom. The summed E-state index contributed by atoms with van der Waals surface area (Å²) in [5.74, 6) is 7.71. The van der Waals surface area contributed by atoms with Crippen molar-refractivity contribution in [3.63, 3.8) is 0 Å². The topological polar surface area (TPSA) is 75.9 Å². The number of nitrogen functional groups attached to an aromatic ring is 1. The molecule has 1 aliphatic carbocycles. The van der Waals surface area contributed by atoms with E-state index >= 15 is 0 Å². The Labute approximate surface area is 89.5 Å². The zero-order chi connectivity index (χ0) is 10.5. The molecule has 15 heavy (non-hydrogen) atoms. The second-order valence-electron chi connectivity index (χ2n) is 3.95. The molecule has 1 fully saturated rings. The van der Waals surface area contributed by atoms with Gasteiger partial charge in [-0.25, -0.2) is 15.8 Å². The predicted molar refractivity (Wildman–Crippen MR) is 60.3 cm³/mol. The number of nitrogens with one attached hydrogen (secondary N) is 2. The number of aromatic nitrogens is 2. The summed E-state index contributed by atoms with van der Waals surface area (Å²) in [7, 11) is 0. The van der Waals surface area contributed by atoms with Crippen molar-refractivity contribution in [2.75, 3.05) is 17.3 Å². The Balaban J connectivity index is 1.71. The van der Waals surface area contributed by atoms with Crippen molar-refractivity contribution in [3.8, 4) is 0 Å². The van der Waals surface area contributed by atoms with Gasteiger partial charge in [-0.3, -0.25) is 0 Å². The van der Waals surface area contributed by atoms with Crippen LogP contribution in [0, 0.1) is 5.92 Å². The van der Waals surface area contributed by atoms with Gasteiger partial charge in [0.2, 0.25) is 0 Å². The second kappa shape index (κ2) is 4.93. The third-order valence-electron chi connectivity index (χ3n) is 2.61. The molecule has 1 heterocycles. The molecule has 1 saturated carbocycles. The molecule has 4 N–H and O–H groups in total. The van der Waals surface area contributed by atoms with Crippen LogP contribution in [0.4, 0.5) is 11.6 Å². The molecule has 0 spiro atoms. The standard InChI is InChI=1S/C10H17N5/c11-15-10-6-9(13-7-14-10)12-5-1-2-8-3-4-8/h6-8H,1-5,11H2,(H2,12,13,14,15). The van der Waals surface area contributed by atoms with Gasteiger partial charge in [-0.05, 0) is 18.8 Å². The Hall–Kier alpha value is -1.36. The molecule has 1 aromatic rings. The van der Waals surface area contributed by atoms with Crippen molar-refractivity contribution in [1.82, 2.24) is 9.97 Å². The fourth-order valence-corrected chi connectivity index (χ4v) is 1.55. The van der Waals surface area contributed by atoms with Crippen molar-refractivity contribution in [1.29, 1.82) is 0 Å². The van der Waals surface area contributed by atoms with Gasteiger partial charge in [-0.2, -0.15) is 0 Å². The summed E-state index contributed by atoms with van der Waals surface area (Å²) in [6.07, 6.45) is 6.89. The van der Waals surface area contributed by atoms with Crippen LogP contribution in [0.15, 0.2) is 12.4 Å². The van der Waals surface area contributed by atoms with E-state index < -0.39 is 0 Å². The summed E-state index contributed by atoms with van der Waals surface area (Å²) in [4.78, 5) is 8.04. The Morgan fingerprint density at radius 1 is 1.33 bits per heavy atom. The van der Waals surface area contributed by atoms with E-state index in [1.165, 1.54) is 32.0 Å². The van der Waals surface area contributed by atoms with Gasteiger partial charge in [0.05, 0.1) is 0 Å². The molecule has 5 nitrogen and oxygen atoms in total. The van der Waals surface area contributed by atoms with Crippen LogP contribution in [0.1, 0.15) is 25.7 Å². The van der Waals surface area contributed by atoms with Gasteiger partial charge in [-0.1, -0.05) is 12.8 Å². The molecule has 0 aromatic carbocycles. The zero-order valence-electron chi connectivity index (χ0n) is 8.74. The van der Waals surface area contributed by atoms with Crippen molar-refractivity contribution >= 4 is 11.6 Å². The van der Waals surface area contributed by atoms with Crippen LogP contribution in [0.5, 0.6) is 0 Å². The van der Waals surface area contributed by atoms with Gasteiger partial charge in [0.15, 0.2) is 0 Å². The second-order valence-corrected chi connectivity index (χ2v) is 3.95. The van der Waals surface area contributed by atoms with Crippen molar-refractivity contribution in [3.05, 3.63) is 12.4 Å². The summed E-state index contributed by atoms with van der Waals surface area (Å²) in [5, 5.41) is 3.26. The van der Waals surface area contributed by atoms with E-state index in [1.54, 1.807) is 6.07 Å². The van der Waals surface area contributed by atoms with Gasteiger partial charge in [-0.15, -0.1) is 0 Å². The normalized spacial score (nSPS) is 15.0. The largest absolute Gasteiger partial charge is 0.370 e. The summed E-state index contributed by atoms with van der Waals surface area (Å²) < 4.78 is 0.